The number of hydrogen-bond donors (Lipinski definition) is 2. The summed E-state index contributed by atoms with van der Waals surface area (Å²) in [6.07, 6.45) is 6.27. The number of pyridine rings is 1. The molecule has 1 fully saturated rings. The van der Waals surface area contributed by atoms with E-state index in [2.05, 4.69) is 20.4 Å². The van der Waals surface area contributed by atoms with Gasteiger partial charge < -0.3 is 10.0 Å². The predicted octanol–water partition coefficient (Wildman–Crippen LogP) is 1.02. The number of amides is 1. The lowest BCUT2D eigenvalue weighted by molar-refractivity contribution is -0.138. The van der Waals surface area contributed by atoms with Crippen LogP contribution in [0.1, 0.15) is 46.1 Å². The molecule has 1 saturated heterocycles. The summed E-state index contributed by atoms with van der Waals surface area (Å²) in [4.78, 5) is 30.2. The third-order valence-corrected chi connectivity index (χ3v) is 5.15. The predicted molar refractivity (Wildman–Crippen MR) is 87.0 cm³/mol. The molecule has 8 nitrogen and oxygen atoms in total. The van der Waals surface area contributed by atoms with Crippen molar-refractivity contribution < 1.29 is 14.7 Å². The minimum Gasteiger partial charge on any atom is -0.481 e. The molecule has 2 aromatic heterocycles. The van der Waals surface area contributed by atoms with Gasteiger partial charge in [-0.3, -0.25) is 14.6 Å². The molecule has 25 heavy (non-hydrogen) atoms. The van der Waals surface area contributed by atoms with Crippen molar-refractivity contribution in [1.29, 1.82) is 0 Å². The summed E-state index contributed by atoms with van der Waals surface area (Å²) >= 11 is 0. The van der Waals surface area contributed by atoms with E-state index in [4.69, 9.17) is 0 Å². The molecule has 2 N–H and O–H groups in total. The van der Waals surface area contributed by atoms with E-state index in [0.717, 1.165) is 30.5 Å². The third-order valence-electron chi connectivity index (χ3n) is 5.15. The van der Waals surface area contributed by atoms with E-state index in [1.165, 1.54) is 0 Å². The number of H-pyrrole nitrogens is 1. The zero-order valence-corrected chi connectivity index (χ0v) is 13.7. The van der Waals surface area contributed by atoms with Crippen LogP contribution in [0.2, 0.25) is 0 Å². The molecule has 1 amide bonds. The molecular formula is C17H19N5O3. The molecule has 3 heterocycles. The molecule has 0 aromatic carbocycles. The number of hydrogen-bond acceptors (Lipinski definition) is 5. The number of carboxylic acid groups (broad SMARTS) is 1. The van der Waals surface area contributed by atoms with Crippen molar-refractivity contribution in [1.82, 2.24) is 25.3 Å². The van der Waals surface area contributed by atoms with E-state index < -0.39 is 5.97 Å². The summed E-state index contributed by atoms with van der Waals surface area (Å²) in [6.45, 7) is 0.847. The van der Waals surface area contributed by atoms with Crippen LogP contribution in [0.4, 0.5) is 0 Å². The number of likely N-dealkylation sites (tertiary alicyclic amines) is 1. The molecule has 130 valence electrons. The number of aromatic amines is 1. The Morgan fingerprint density at radius 1 is 1.28 bits per heavy atom. The van der Waals surface area contributed by atoms with Crippen LogP contribution in [0.5, 0.6) is 0 Å². The topological polar surface area (TPSA) is 112 Å². The highest BCUT2D eigenvalue weighted by atomic mass is 16.4. The summed E-state index contributed by atoms with van der Waals surface area (Å²) in [5.41, 5.74) is 3.52. The second-order valence-electron chi connectivity index (χ2n) is 6.75. The lowest BCUT2D eigenvalue weighted by Gasteiger charge is -2.16. The number of rotatable bonds is 4. The zero-order chi connectivity index (χ0) is 17.4. The Morgan fingerprint density at radius 3 is 2.92 bits per heavy atom. The maximum Gasteiger partial charge on any atom is 0.303 e. The maximum absolute atomic E-state index is 12.9. The Balaban J connectivity index is 1.56. The van der Waals surface area contributed by atoms with Gasteiger partial charge in [0.1, 0.15) is 0 Å². The first-order valence-corrected chi connectivity index (χ1v) is 8.46. The second-order valence-corrected chi connectivity index (χ2v) is 6.75. The first kappa shape index (κ1) is 15.7. The zero-order valence-electron chi connectivity index (χ0n) is 13.7. The van der Waals surface area contributed by atoms with Gasteiger partial charge in [-0.15, -0.1) is 0 Å². The first-order valence-electron chi connectivity index (χ1n) is 8.46. The van der Waals surface area contributed by atoms with Gasteiger partial charge in [-0.2, -0.15) is 15.4 Å². The average molecular weight is 341 g/mol. The fraction of sp³-hybridized carbons (Fsp3) is 0.471. The van der Waals surface area contributed by atoms with Crippen molar-refractivity contribution in [2.24, 2.45) is 5.92 Å². The summed E-state index contributed by atoms with van der Waals surface area (Å²) in [6, 6.07) is 1.94. The number of fused-ring (bicyclic) bond motifs is 1. The van der Waals surface area contributed by atoms with Crippen LogP contribution < -0.4 is 0 Å². The monoisotopic (exact) mass is 341 g/mol. The van der Waals surface area contributed by atoms with E-state index in [0.29, 0.717) is 24.3 Å². The van der Waals surface area contributed by atoms with Gasteiger partial charge in [-0.25, -0.2) is 0 Å². The number of nitrogens with one attached hydrogen (secondary N) is 1. The number of aryl methyl sites for hydroxylation is 2. The normalized spacial score (nSPS) is 22.2. The SMILES string of the molecule is O=C(O)C[C@H]1CN(C(=O)c2cnc3c(c2)CCC3)C[C@H]1c1cn[nH]n1. The van der Waals surface area contributed by atoms with Crippen molar-refractivity contribution in [2.75, 3.05) is 13.1 Å². The first-order chi connectivity index (χ1) is 12.1. The summed E-state index contributed by atoms with van der Waals surface area (Å²) in [7, 11) is 0. The van der Waals surface area contributed by atoms with Crippen molar-refractivity contribution >= 4 is 11.9 Å². The van der Waals surface area contributed by atoms with Gasteiger partial charge in [0, 0.05) is 30.9 Å². The fourth-order valence-corrected chi connectivity index (χ4v) is 3.92. The second kappa shape index (κ2) is 6.27. The number of nitrogens with zero attached hydrogens (tertiary/aromatic N) is 4. The lowest BCUT2D eigenvalue weighted by Crippen LogP contribution is -2.29. The summed E-state index contributed by atoms with van der Waals surface area (Å²) < 4.78 is 0. The fourth-order valence-electron chi connectivity index (χ4n) is 3.92. The van der Waals surface area contributed by atoms with Crippen molar-refractivity contribution in [2.45, 2.75) is 31.6 Å². The Morgan fingerprint density at radius 2 is 2.16 bits per heavy atom. The summed E-state index contributed by atoms with van der Waals surface area (Å²) in [5, 5.41) is 19.6. The standard InChI is InChI=1S/C17H19N5O3/c23-16(24)5-12-8-22(9-13(12)15-7-19-21-20-15)17(25)11-4-10-2-1-3-14(10)18-6-11/h4,6-7,12-13H,1-3,5,8-9H2,(H,23,24)(H,19,20,21)/t12-,13+/m0/s1. The van der Waals surface area contributed by atoms with E-state index >= 15 is 0 Å². The van der Waals surface area contributed by atoms with Crippen LogP contribution in [0.3, 0.4) is 0 Å². The van der Waals surface area contributed by atoms with Crippen molar-refractivity contribution in [3.63, 3.8) is 0 Å². The van der Waals surface area contributed by atoms with Gasteiger partial charge in [-0.1, -0.05) is 0 Å². The molecule has 1 aliphatic heterocycles. The van der Waals surface area contributed by atoms with E-state index in [1.54, 1.807) is 17.3 Å². The van der Waals surface area contributed by atoms with E-state index in [-0.39, 0.29) is 24.2 Å². The molecule has 8 heteroatoms. The molecule has 2 aromatic rings. The molecule has 2 atom stereocenters. The maximum atomic E-state index is 12.9. The molecule has 0 unspecified atom stereocenters. The van der Waals surface area contributed by atoms with Gasteiger partial charge in [0.05, 0.1) is 23.9 Å². The quantitative estimate of drug-likeness (QED) is 0.858. The number of carboxylic acids is 1. The number of aliphatic carboxylic acids is 1. The van der Waals surface area contributed by atoms with Crippen LogP contribution in [-0.2, 0) is 17.6 Å². The number of aromatic nitrogens is 4. The molecule has 0 saturated carbocycles. The molecule has 0 spiro atoms. The van der Waals surface area contributed by atoms with Crippen LogP contribution in [-0.4, -0.2) is 55.4 Å². The molecule has 1 aliphatic carbocycles. The Bertz CT molecular complexity index is 805. The summed E-state index contributed by atoms with van der Waals surface area (Å²) in [5.74, 6) is -1.26. The van der Waals surface area contributed by atoms with Gasteiger partial charge in [0.2, 0.25) is 0 Å². The largest absolute Gasteiger partial charge is 0.481 e. The lowest BCUT2D eigenvalue weighted by atomic mass is 9.91. The van der Waals surface area contributed by atoms with E-state index in [1.807, 2.05) is 6.07 Å². The van der Waals surface area contributed by atoms with Gasteiger partial charge in [0.15, 0.2) is 0 Å². The molecule has 0 bridgehead atoms. The van der Waals surface area contributed by atoms with Gasteiger partial charge in [0.25, 0.3) is 5.91 Å². The van der Waals surface area contributed by atoms with Crippen LogP contribution >= 0.6 is 0 Å². The van der Waals surface area contributed by atoms with Crippen LogP contribution in [0.15, 0.2) is 18.5 Å². The molecule has 0 radical (unpaired) electrons. The molecule has 4 rings (SSSR count). The number of carbonyl (C=O) groups excluding carboxylic acids is 1. The van der Waals surface area contributed by atoms with Gasteiger partial charge >= 0.3 is 5.97 Å². The Hall–Kier alpha value is -2.77. The average Bonchev–Trinajstić information content (AvgIpc) is 3.32. The molecular weight excluding hydrogens is 322 g/mol. The Labute approximate surface area is 144 Å². The van der Waals surface area contributed by atoms with Gasteiger partial charge in [-0.05, 0) is 36.8 Å². The highest BCUT2D eigenvalue weighted by Crippen LogP contribution is 2.34. The minimum atomic E-state index is -0.869. The van der Waals surface area contributed by atoms with Crippen LogP contribution in [0, 0.1) is 5.92 Å². The minimum absolute atomic E-state index is 0.00371. The Kier molecular flexibility index (Phi) is 3.95. The number of carbonyl (C=O) groups is 2. The smallest absolute Gasteiger partial charge is 0.303 e. The van der Waals surface area contributed by atoms with Crippen molar-refractivity contribution in [3.05, 3.63) is 41.0 Å². The highest BCUT2D eigenvalue weighted by molar-refractivity contribution is 5.94. The van der Waals surface area contributed by atoms with E-state index in [9.17, 15) is 14.7 Å². The highest BCUT2D eigenvalue weighted by Gasteiger charge is 2.39. The molecule has 2 aliphatic rings. The van der Waals surface area contributed by atoms with Crippen LogP contribution in [0.25, 0.3) is 0 Å². The van der Waals surface area contributed by atoms with Crippen molar-refractivity contribution in [3.8, 4) is 0 Å². The third kappa shape index (κ3) is 2.99.